The number of carbonyl (C=O) groups excluding carboxylic acids is 2. The lowest BCUT2D eigenvalue weighted by Gasteiger charge is -2.35. The van der Waals surface area contributed by atoms with Gasteiger partial charge in [-0.1, -0.05) is 12.5 Å². The minimum Gasteiger partial charge on any atom is -0.454 e. The van der Waals surface area contributed by atoms with E-state index in [2.05, 4.69) is 16.0 Å². The molecule has 0 saturated carbocycles. The molecule has 5 aliphatic rings. The number of aliphatic imine (C=N–C) groups is 1. The summed E-state index contributed by atoms with van der Waals surface area (Å²) in [4.78, 5) is 36.1. The van der Waals surface area contributed by atoms with Gasteiger partial charge in [-0.25, -0.2) is 4.99 Å². The lowest BCUT2D eigenvalue weighted by molar-refractivity contribution is -0.133. The Bertz CT molecular complexity index is 1240. The van der Waals surface area contributed by atoms with Gasteiger partial charge in [-0.3, -0.25) is 19.4 Å². The lowest BCUT2D eigenvalue weighted by atomic mass is 9.93. The zero-order valence-corrected chi connectivity index (χ0v) is 21.9. The minimum absolute atomic E-state index is 0.0898. The van der Waals surface area contributed by atoms with Crippen molar-refractivity contribution in [2.75, 3.05) is 46.3 Å². The Labute approximate surface area is 226 Å². The molecule has 1 aromatic rings. The van der Waals surface area contributed by atoms with E-state index < -0.39 is 5.92 Å². The van der Waals surface area contributed by atoms with Crippen LogP contribution in [0.25, 0.3) is 0 Å². The number of benzene rings is 1. The van der Waals surface area contributed by atoms with Crippen LogP contribution in [0.5, 0.6) is 11.5 Å². The fourth-order valence-corrected chi connectivity index (χ4v) is 5.56. The topological polar surface area (TPSA) is 93.1 Å². The van der Waals surface area contributed by atoms with Crippen LogP contribution in [-0.2, 0) is 25.6 Å². The second kappa shape index (κ2) is 10.7. The van der Waals surface area contributed by atoms with Gasteiger partial charge in [0.15, 0.2) is 23.0 Å². The van der Waals surface area contributed by atoms with Gasteiger partial charge in [-0.15, -0.1) is 0 Å². The van der Waals surface area contributed by atoms with E-state index in [-0.39, 0.29) is 30.5 Å². The zero-order chi connectivity index (χ0) is 26.1. The summed E-state index contributed by atoms with van der Waals surface area (Å²) < 4.78 is 21.7. The van der Waals surface area contributed by atoms with Crippen molar-refractivity contribution in [3.05, 3.63) is 47.4 Å². The van der Waals surface area contributed by atoms with E-state index in [4.69, 9.17) is 31.2 Å². The summed E-state index contributed by atoms with van der Waals surface area (Å²) in [5.41, 5.74) is 1.78. The molecule has 11 heteroatoms. The molecule has 0 bridgehead atoms. The number of piperazine rings is 1. The third-order valence-electron chi connectivity index (χ3n) is 7.42. The molecule has 0 spiro atoms. The van der Waals surface area contributed by atoms with E-state index in [0.29, 0.717) is 30.2 Å². The molecule has 38 heavy (non-hydrogen) atoms. The summed E-state index contributed by atoms with van der Waals surface area (Å²) in [6, 6.07) is 6.06. The smallest absolute Gasteiger partial charge is 0.241 e. The van der Waals surface area contributed by atoms with Gasteiger partial charge in [-0.05, 0) is 48.8 Å². The molecule has 6 rings (SSSR count). The Hall–Kier alpha value is -3.44. The predicted octanol–water partition coefficient (Wildman–Crippen LogP) is 2.59. The third-order valence-corrected chi connectivity index (χ3v) is 7.73. The van der Waals surface area contributed by atoms with Crippen LogP contribution < -0.4 is 9.47 Å². The summed E-state index contributed by atoms with van der Waals surface area (Å²) in [6.45, 7) is 4.93. The highest BCUT2D eigenvalue weighted by Crippen LogP contribution is 2.33. The molecule has 2 saturated heterocycles. The predicted molar refractivity (Wildman–Crippen MR) is 141 cm³/mol. The van der Waals surface area contributed by atoms with Crippen molar-refractivity contribution in [3.8, 4) is 11.5 Å². The molecule has 0 N–H and O–H groups in total. The van der Waals surface area contributed by atoms with Crippen LogP contribution in [0, 0.1) is 5.92 Å². The molecule has 1 aromatic carbocycles. The number of allylic oxidation sites excluding steroid dienone is 1. The molecule has 0 aromatic heterocycles. The second-order valence-electron chi connectivity index (χ2n) is 9.89. The van der Waals surface area contributed by atoms with Crippen molar-refractivity contribution < 1.29 is 28.5 Å². The third kappa shape index (κ3) is 5.12. The average Bonchev–Trinajstić information content (AvgIpc) is 3.58. The van der Waals surface area contributed by atoms with Gasteiger partial charge in [0, 0.05) is 51.8 Å². The van der Waals surface area contributed by atoms with E-state index in [1.54, 1.807) is 17.1 Å². The highest BCUT2D eigenvalue weighted by atomic mass is 32.1. The van der Waals surface area contributed by atoms with Crippen LogP contribution >= 0.6 is 12.2 Å². The van der Waals surface area contributed by atoms with Crippen molar-refractivity contribution in [3.63, 3.8) is 0 Å². The van der Waals surface area contributed by atoms with E-state index in [1.165, 1.54) is 5.56 Å². The first kappa shape index (κ1) is 24.9. The van der Waals surface area contributed by atoms with Gasteiger partial charge in [0.05, 0.1) is 5.71 Å². The molecule has 2 amide bonds. The summed E-state index contributed by atoms with van der Waals surface area (Å²) in [7, 11) is 0. The molecule has 1 unspecified atom stereocenters. The number of rotatable bonds is 8. The summed E-state index contributed by atoms with van der Waals surface area (Å²) >= 11 is 5.39. The van der Waals surface area contributed by atoms with E-state index >= 15 is 0 Å². The first-order valence-corrected chi connectivity index (χ1v) is 13.5. The number of hydrogen-bond donors (Lipinski definition) is 0. The number of fused-ring (bicyclic) bond motifs is 3. The van der Waals surface area contributed by atoms with Crippen molar-refractivity contribution in [2.45, 2.75) is 32.2 Å². The van der Waals surface area contributed by atoms with Gasteiger partial charge in [-0.2, -0.15) is 0 Å². The summed E-state index contributed by atoms with van der Waals surface area (Å²) in [5, 5.41) is 0.281. The summed E-state index contributed by atoms with van der Waals surface area (Å²) in [5.74, 6) is 2.39. The lowest BCUT2D eigenvalue weighted by Crippen LogP contribution is -2.48. The summed E-state index contributed by atoms with van der Waals surface area (Å²) in [6.07, 6.45) is 6.39. The van der Waals surface area contributed by atoms with E-state index in [0.717, 1.165) is 63.5 Å². The van der Waals surface area contributed by atoms with Gasteiger partial charge >= 0.3 is 0 Å². The molecular formula is C27H30N4O6S. The van der Waals surface area contributed by atoms with Crippen LogP contribution in [0.1, 0.15) is 31.2 Å². The minimum atomic E-state index is -0.493. The van der Waals surface area contributed by atoms with Crippen molar-refractivity contribution in [1.29, 1.82) is 0 Å². The Morgan fingerprint density at radius 1 is 0.974 bits per heavy atom. The highest BCUT2D eigenvalue weighted by Gasteiger charge is 2.38. The van der Waals surface area contributed by atoms with Gasteiger partial charge in [0.2, 0.25) is 30.5 Å². The maximum Gasteiger partial charge on any atom is 0.241 e. The van der Waals surface area contributed by atoms with E-state index in [1.807, 2.05) is 17.0 Å². The maximum absolute atomic E-state index is 13.0. The number of thiocarbonyl (C=S) groups is 1. The Morgan fingerprint density at radius 2 is 1.76 bits per heavy atom. The van der Waals surface area contributed by atoms with Crippen molar-refractivity contribution in [1.82, 2.24) is 14.7 Å². The fourth-order valence-electron chi connectivity index (χ4n) is 5.27. The SMILES string of the molecule is O=C(CCCCCN1C(=O)C2C=C3OCOC3=CC2=NC1=S)N1CCN(Cc2ccc3c(c2)OCO3)CC1. The molecule has 1 aliphatic carbocycles. The van der Waals surface area contributed by atoms with Gasteiger partial charge < -0.3 is 23.8 Å². The molecule has 1 atom stereocenters. The number of carbonyl (C=O) groups is 2. The van der Waals surface area contributed by atoms with Gasteiger partial charge in [0.1, 0.15) is 5.92 Å². The fraction of sp³-hybridized carbons (Fsp3) is 0.481. The number of amides is 2. The molecular weight excluding hydrogens is 508 g/mol. The van der Waals surface area contributed by atoms with Crippen molar-refractivity contribution in [2.24, 2.45) is 10.9 Å². The van der Waals surface area contributed by atoms with Crippen LogP contribution in [-0.4, -0.2) is 83.6 Å². The zero-order valence-electron chi connectivity index (χ0n) is 21.1. The normalized spacial score (nSPS) is 22.2. The molecule has 10 nitrogen and oxygen atoms in total. The van der Waals surface area contributed by atoms with Crippen LogP contribution in [0.3, 0.4) is 0 Å². The average molecular weight is 539 g/mol. The first-order valence-electron chi connectivity index (χ1n) is 13.1. The molecule has 4 heterocycles. The van der Waals surface area contributed by atoms with Crippen LogP contribution in [0.2, 0.25) is 0 Å². The van der Waals surface area contributed by atoms with Gasteiger partial charge in [0.25, 0.3) is 0 Å². The molecule has 4 aliphatic heterocycles. The largest absolute Gasteiger partial charge is 0.454 e. The Morgan fingerprint density at radius 3 is 2.63 bits per heavy atom. The standard InChI is InChI=1S/C27H30N4O6S/c32-25(30-10-8-29(9-11-30)15-18-5-6-21-22(12-18)35-16-34-21)4-2-1-3-7-31-26(33)19-13-23-24(37-17-36-23)14-20(19)28-27(31)38/h5-6,12-14,19H,1-4,7-11,15-17H2. The number of unbranched alkanes of at least 4 members (excludes halogenated alkanes) is 2. The van der Waals surface area contributed by atoms with Crippen molar-refractivity contribution >= 4 is 34.9 Å². The number of hydrogen-bond acceptors (Lipinski definition) is 8. The number of ether oxygens (including phenoxy) is 4. The molecule has 200 valence electrons. The Kier molecular flexibility index (Phi) is 7.03. The monoisotopic (exact) mass is 538 g/mol. The van der Waals surface area contributed by atoms with Crippen LogP contribution in [0.15, 0.2) is 46.9 Å². The van der Waals surface area contributed by atoms with Crippen LogP contribution in [0.4, 0.5) is 0 Å². The highest BCUT2D eigenvalue weighted by molar-refractivity contribution is 7.80. The molecule has 0 radical (unpaired) electrons. The Balaban J connectivity index is 0.903. The second-order valence-corrected chi connectivity index (χ2v) is 10.3. The quantitative estimate of drug-likeness (QED) is 0.369. The molecule has 2 fully saturated rings. The van der Waals surface area contributed by atoms with E-state index in [9.17, 15) is 9.59 Å². The number of nitrogens with zero attached hydrogens (tertiary/aromatic N) is 4. The first-order chi connectivity index (χ1) is 18.5. The maximum atomic E-state index is 13.0.